The number of nitrogens with two attached hydrogens (primary N) is 1. The van der Waals surface area contributed by atoms with Gasteiger partial charge in [-0.2, -0.15) is 0 Å². The van der Waals surface area contributed by atoms with E-state index in [1.807, 2.05) is 24.3 Å². The van der Waals surface area contributed by atoms with Crippen molar-refractivity contribution >= 4 is 11.8 Å². The van der Waals surface area contributed by atoms with Gasteiger partial charge in [0.05, 0.1) is 6.61 Å². The van der Waals surface area contributed by atoms with E-state index >= 15 is 0 Å². The van der Waals surface area contributed by atoms with Gasteiger partial charge in [0.15, 0.2) is 0 Å². The lowest BCUT2D eigenvalue weighted by Crippen LogP contribution is -2.50. The van der Waals surface area contributed by atoms with Crippen LogP contribution in [0.2, 0.25) is 0 Å². The highest BCUT2D eigenvalue weighted by Crippen LogP contribution is 2.06. The number of aliphatic hydroxyl groups is 1. The first kappa shape index (κ1) is 26.6. The molecule has 8 heteroatoms. The van der Waals surface area contributed by atoms with E-state index in [1.54, 1.807) is 24.3 Å². The van der Waals surface area contributed by atoms with Crippen LogP contribution in [0.15, 0.2) is 48.5 Å². The van der Waals surface area contributed by atoms with Crippen molar-refractivity contribution in [3.63, 3.8) is 0 Å². The summed E-state index contributed by atoms with van der Waals surface area (Å²) in [6, 6.07) is 13.4. The van der Waals surface area contributed by atoms with E-state index in [2.05, 4.69) is 48.2 Å². The van der Waals surface area contributed by atoms with Gasteiger partial charge in [-0.15, -0.1) is 0 Å². The molecule has 2 atom stereocenters. The van der Waals surface area contributed by atoms with E-state index in [1.165, 1.54) is 5.48 Å². The second-order valence-electron chi connectivity index (χ2n) is 7.93. The van der Waals surface area contributed by atoms with Gasteiger partial charge in [0.2, 0.25) is 0 Å². The summed E-state index contributed by atoms with van der Waals surface area (Å²) >= 11 is 0. The second kappa shape index (κ2) is 13.8. The third kappa shape index (κ3) is 8.36. The Kier molecular flexibility index (Phi) is 10.8. The SMILES string of the molecule is CC(C)C(CO)NCc1ccc(C#CC#Cc2ccc(C(=O)N[C@@H](CN)C(=O)NO)cc2)cc1. The fourth-order valence-electron chi connectivity index (χ4n) is 2.93. The zero-order valence-corrected chi connectivity index (χ0v) is 19.3. The average molecular weight is 463 g/mol. The fraction of sp³-hybridized carbons (Fsp3) is 0.308. The third-order valence-corrected chi connectivity index (χ3v) is 5.11. The minimum absolute atomic E-state index is 0.0637. The summed E-state index contributed by atoms with van der Waals surface area (Å²) in [4.78, 5) is 23.6. The smallest absolute Gasteiger partial charge is 0.267 e. The molecule has 2 aromatic carbocycles. The Morgan fingerprint density at radius 3 is 2.00 bits per heavy atom. The molecule has 0 aliphatic carbocycles. The van der Waals surface area contributed by atoms with Gasteiger partial charge in [-0.25, -0.2) is 5.48 Å². The Hall–Kier alpha value is -3.66. The van der Waals surface area contributed by atoms with E-state index in [9.17, 15) is 14.7 Å². The highest BCUT2D eigenvalue weighted by molar-refractivity contribution is 5.97. The number of rotatable bonds is 9. The van der Waals surface area contributed by atoms with E-state index in [0.717, 1.165) is 11.1 Å². The maximum Gasteiger partial charge on any atom is 0.267 e. The zero-order valence-electron chi connectivity index (χ0n) is 19.3. The maximum absolute atomic E-state index is 12.2. The quantitative estimate of drug-likeness (QED) is 0.185. The predicted octanol–water partition coefficient (Wildman–Crippen LogP) is 0.759. The number of carbonyl (C=O) groups is 2. The van der Waals surface area contributed by atoms with Crippen LogP contribution in [0, 0.1) is 29.6 Å². The van der Waals surface area contributed by atoms with Gasteiger partial charge in [0, 0.05) is 35.8 Å². The number of hydroxylamine groups is 1. The molecule has 1 unspecified atom stereocenters. The van der Waals surface area contributed by atoms with Gasteiger partial charge in [0.1, 0.15) is 6.04 Å². The van der Waals surface area contributed by atoms with Crippen LogP contribution in [0.5, 0.6) is 0 Å². The minimum atomic E-state index is -1.03. The molecule has 0 saturated carbocycles. The van der Waals surface area contributed by atoms with Gasteiger partial charge >= 0.3 is 0 Å². The normalized spacial score (nSPS) is 11.9. The van der Waals surface area contributed by atoms with E-state index in [4.69, 9.17) is 10.9 Å². The Bertz CT molecular complexity index is 1070. The molecule has 2 amide bonds. The molecule has 34 heavy (non-hydrogen) atoms. The van der Waals surface area contributed by atoms with E-state index in [-0.39, 0.29) is 19.2 Å². The van der Waals surface area contributed by atoms with Crippen molar-refractivity contribution in [3.05, 3.63) is 70.8 Å². The van der Waals surface area contributed by atoms with Crippen molar-refractivity contribution in [2.45, 2.75) is 32.5 Å². The van der Waals surface area contributed by atoms with Crippen LogP contribution in [0.4, 0.5) is 0 Å². The maximum atomic E-state index is 12.2. The van der Waals surface area contributed by atoms with Crippen LogP contribution in [-0.2, 0) is 11.3 Å². The van der Waals surface area contributed by atoms with Crippen LogP contribution < -0.4 is 21.8 Å². The first-order chi connectivity index (χ1) is 16.4. The van der Waals surface area contributed by atoms with Crippen LogP contribution in [0.25, 0.3) is 0 Å². The molecule has 0 bridgehead atoms. The Morgan fingerprint density at radius 1 is 0.971 bits per heavy atom. The molecule has 0 saturated heterocycles. The number of hydrogen-bond donors (Lipinski definition) is 6. The van der Waals surface area contributed by atoms with Crippen molar-refractivity contribution in [2.24, 2.45) is 11.7 Å². The number of hydrogen-bond acceptors (Lipinski definition) is 6. The highest BCUT2D eigenvalue weighted by Gasteiger charge is 2.19. The van der Waals surface area contributed by atoms with Crippen molar-refractivity contribution in [3.8, 4) is 23.7 Å². The third-order valence-electron chi connectivity index (χ3n) is 5.11. The second-order valence-corrected chi connectivity index (χ2v) is 7.93. The van der Waals surface area contributed by atoms with Gasteiger partial charge < -0.3 is 21.5 Å². The summed E-state index contributed by atoms with van der Waals surface area (Å²) in [6.45, 7) is 4.76. The first-order valence-electron chi connectivity index (χ1n) is 10.9. The van der Waals surface area contributed by atoms with Crippen LogP contribution in [-0.4, -0.2) is 47.4 Å². The van der Waals surface area contributed by atoms with Crippen molar-refractivity contribution in [1.29, 1.82) is 0 Å². The highest BCUT2D eigenvalue weighted by atomic mass is 16.5. The zero-order chi connectivity index (χ0) is 24.9. The fourth-order valence-corrected chi connectivity index (χ4v) is 2.93. The van der Waals surface area contributed by atoms with Gasteiger partial charge in [0.25, 0.3) is 11.8 Å². The molecule has 7 N–H and O–H groups in total. The molecule has 0 aromatic heterocycles. The molecule has 178 valence electrons. The lowest BCUT2D eigenvalue weighted by molar-refractivity contribution is -0.130. The summed E-state index contributed by atoms with van der Waals surface area (Å²) in [5.74, 6) is 10.6. The number of nitrogens with one attached hydrogen (secondary N) is 3. The summed E-state index contributed by atoms with van der Waals surface area (Å²) < 4.78 is 0. The molecule has 2 rings (SSSR count). The lowest BCUT2D eigenvalue weighted by Gasteiger charge is -2.19. The van der Waals surface area contributed by atoms with Gasteiger partial charge in [-0.1, -0.05) is 37.8 Å². The Labute approximate surface area is 199 Å². The molecule has 0 heterocycles. The van der Waals surface area contributed by atoms with Crippen LogP contribution >= 0.6 is 0 Å². The largest absolute Gasteiger partial charge is 0.395 e. The molecule has 0 aliphatic heterocycles. The van der Waals surface area contributed by atoms with Crippen molar-refractivity contribution < 1.29 is 19.9 Å². The van der Waals surface area contributed by atoms with Crippen molar-refractivity contribution in [2.75, 3.05) is 13.2 Å². The summed E-state index contributed by atoms with van der Waals surface area (Å²) in [5.41, 5.74) is 9.85. The number of aliphatic hydroxyl groups excluding tert-OH is 1. The summed E-state index contributed by atoms with van der Waals surface area (Å²) in [5, 5.41) is 23.8. The van der Waals surface area contributed by atoms with E-state index in [0.29, 0.717) is 23.6 Å². The number of benzene rings is 2. The van der Waals surface area contributed by atoms with Crippen molar-refractivity contribution in [1.82, 2.24) is 16.1 Å². The van der Waals surface area contributed by atoms with Crippen LogP contribution in [0.3, 0.4) is 0 Å². The number of carbonyl (C=O) groups excluding carboxylic acids is 2. The summed E-state index contributed by atoms with van der Waals surface area (Å²) in [7, 11) is 0. The van der Waals surface area contributed by atoms with Gasteiger partial charge in [-0.05, 0) is 59.7 Å². The Balaban J connectivity index is 1.92. The molecule has 2 aromatic rings. The molecular formula is C26H30N4O4. The molecular weight excluding hydrogens is 432 g/mol. The predicted molar refractivity (Wildman–Crippen MR) is 129 cm³/mol. The Morgan fingerprint density at radius 2 is 1.53 bits per heavy atom. The lowest BCUT2D eigenvalue weighted by atomic mass is 10.0. The summed E-state index contributed by atoms with van der Waals surface area (Å²) in [6.07, 6.45) is 0. The standard InChI is InChI=1S/C26H30N4O4/c1-18(2)24(17-31)28-16-21-9-7-19(8-10-21)5-3-4-6-20-11-13-22(14-12-20)25(32)29-23(15-27)26(33)30-34/h7-14,18,23-24,28,31,34H,15-17,27H2,1-2H3,(H,29,32)(H,30,33)/t23-,24?/m0/s1. The van der Waals surface area contributed by atoms with E-state index < -0.39 is 17.9 Å². The molecule has 8 nitrogen and oxygen atoms in total. The van der Waals surface area contributed by atoms with Crippen LogP contribution in [0.1, 0.15) is 40.9 Å². The molecule has 0 aliphatic rings. The molecule has 0 radical (unpaired) electrons. The molecule has 0 fully saturated rings. The monoisotopic (exact) mass is 462 g/mol. The molecule has 0 spiro atoms. The minimum Gasteiger partial charge on any atom is -0.395 e. The number of amides is 2. The first-order valence-corrected chi connectivity index (χ1v) is 10.9. The van der Waals surface area contributed by atoms with Gasteiger partial charge in [-0.3, -0.25) is 14.8 Å². The average Bonchev–Trinajstić information content (AvgIpc) is 2.85. The topological polar surface area (TPSA) is 137 Å².